The molecule has 0 aromatic heterocycles. The predicted octanol–water partition coefficient (Wildman–Crippen LogP) is 1.21. The summed E-state index contributed by atoms with van der Waals surface area (Å²) in [5, 5.41) is 0. The third-order valence-electron chi connectivity index (χ3n) is 4.48. The molecule has 29 heavy (non-hydrogen) atoms. The molecule has 1 aliphatic rings. The minimum Gasteiger partial charge on any atom is -0.366 e. The van der Waals surface area contributed by atoms with Crippen LogP contribution in [0.25, 0.3) is 0 Å². The maximum absolute atomic E-state index is 12.8. The second kappa shape index (κ2) is 7.16. The summed E-state index contributed by atoms with van der Waals surface area (Å²) in [5.74, 6) is -2.32. The zero-order valence-corrected chi connectivity index (χ0v) is 17.2. The Hall–Kier alpha value is -2.92. The Bertz CT molecular complexity index is 1220. The number of sulfonamides is 2. The van der Waals surface area contributed by atoms with Crippen LogP contribution in [0.1, 0.15) is 22.8 Å². The van der Waals surface area contributed by atoms with E-state index < -0.39 is 37.8 Å². The molecule has 0 bridgehead atoms. The summed E-state index contributed by atoms with van der Waals surface area (Å²) in [6, 6.07) is 9.68. The van der Waals surface area contributed by atoms with Gasteiger partial charge in [-0.1, -0.05) is 19.1 Å². The van der Waals surface area contributed by atoms with Gasteiger partial charge in [0, 0.05) is 0 Å². The highest BCUT2D eigenvalue weighted by Gasteiger charge is 2.42. The van der Waals surface area contributed by atoms with Crippen LogP contribution in [0.3, 0.4) is 0 Å². The van der Waals surface area contributed by atoms with Crippen molar-refractivity contribution in [3.63, 3.8) is 0 Å². The highest BCUT2D eigenvalue weighted by atomic mass is 32.2. The standard InChI is InChI=1S/C18H19N3O6S2/c1-11-9-13(21-18(23)12(2)10-28(21,24)25)7-8-16(11)29(26,27)20-15-6-4-3-5-14(15)17(19)22/h3-9,12,20H,10H2,1-2H3,(H2,19,22)/t12-/m1/s1. The number of carbonyl (C=O) groups excluding carboxylic acids is 2. The first-order valence-electron chi connectivity index (χ1n) is 8.53. The van der Waals surface area contributed by atoms with Crippen LogP contribution in [0, 0.1) is 12.8 Å². The van der Waals surface area contributed by atoms with Crippen LogP contribution in [-0.2, 0) is 24.8 Å². The first-order valence-corrected chi connectivity index (χ1v) is 11.6. The van der Waals surface area contributed by atoms with Gasteiger partial charge in [0.2, 0.25) is 15.9 Å². The van der Waals surface area contributed by atoms with Gasteiger partial charge in [0.1, 0.15) is 0 Å². The Labute approximate surface area is 168 Å². The van der Waals surface area contributed by atoms with Gasteiger partial charge >= 0.3 is 0 Å². The van der Waals surface area contributed by atoms with Crippen LogP contribution < -0.4 is 14.8 Å². The third-order valence-corrected chi connectivity index (χ3v) is 7.87. The van der Waals surface area contributed by atoms with Crippen molar-refractivity contribution in [2.75, 3.05) is 14.8 Å². The van der Waals surface area contributed by atoms with E-state index in [4.69, 9.17) is 5.73 Å². The van der Waals surface area contributed by atoms with E-state index in [1.54, 1.807) is 12.1 Å². The lowest BCUT2D eigenvalue weighted by Crippen LogP contribution is -2.30. The Morgan fingerprint density at radius 1 is 1.21 bits per heavy atom. The van der Waals surface area contributed by atoms with E-state index in [1.807, 2.05) is 0 Å². The molecule has 2 amide bonds. The molecule has 0 spiro atoms. The van der Waals surface area contributed by atoms with Gasteiger partial charge in [-0.15, -0.1) is 0 Å². The summed E-state index contributed by atoms with van der Waals surface area (Å²) in [4.78, 5) is 23.6. The number of carbonyl (C=O) groups is 2. The fourth-order valence-corrected chi connectivity index (χ4v) is 6.25. The molecule has 9 nitrogen and oxygen atoms in total. The predicted molar refractivity (Wildman–Crippen MR) is 107 cm³/mol. The lowest BCUT2D eigenvalue weighted by atomic mass is 10.2. The Balaban J connectivity index is 1.99. The van der Waals surface area contributed by atoms with Crippen LogP contribution in [-0.4, -0.2) is 34.4 Å². The molecule has 1 aliphatic heterocycles. The highest BCUT2D eigenvalue weighted by molar-refractivity contribution is 7.94. The van der Waals surface area contributed by atoms with E-state index in [-0.39, 0.29) is 33.2 Å². The molecule has 3 N–H and O–H groups in total. The van der Waals surface area contributed by atoms with Gasteiger partial charge in [-0.2, -0.15) is 0 Å². The zero-order chi connectivity index (χ0) is 21.6. The van der Waals surface area contributed by atoms with Crippen molar-refractivity contribution in [3.8, 4) is 0 Å². The molecule has 0 unspecified atom stereocenters. The highest BCUT2D eigenvalue weighted by Crippen LogP contribution is 2.31. The molecule has 2 aromatic rings. The molecule has 1 atom stereocenters. The number of nitrogens with zero attached hydrogens (tertiary/aromatic N) is 1. The molecular formula is C18H19N3O6S2. The maximum Gasteiger partial charge on any atom is 0.262 e. The topological polar surface area (TPSA) is 144 Å². The van der Waals surface area contributed by atoms with Crippen molar-refractivity contribution in [2.24, 2.45) is 11.7 Å². The van der Waals surface area contributed by atoms with E-state index in [0.29, 0.717) is 4.31 Å². The van der Waals surface area contributed by atoms with Crippen molar-refractivity contribution < 1.29 is 26.4 Å². The Kier molecular flexibility index (Phi) is 5.13. The number of nitrogens with one attached hydrogen (secondary N) is 1. The average molecular weight is 437 g/mol. The summed E-state index contributed by atoms with van der Waals surface area (Å²) < 4.78 is 53.1. The molecule has 1 heterocycles. The molecule has 11 heteroatoms. The van der Waals surface area contributed by atoms with E-state index in [1.165, 1.54) is 44.2 Å². The lowest BCUT2D eigenvalue weighted by Gasteiger charge is -2.18. The number of amides is 2. The first-order chi connectivity index (χ1) is 13.4. The van der Waals surface area contributed by atoms with E-state index in [9.17, 15) is 26.4 Å². The van der Waals surface area contributed by atoms with Crippen LogP contribution in [0.15, 0.2) is 47.4 Å². The number of benzene rings is 2. The quantitative estimate of drug-likeness (QED) is 0.719. The van der Waals surface area contributed by atoms with Crippen LogP contribution in [0.4, 0.5) is 11.4 Å². The number of hydrogen-bond donors (Lipinski definition) is 2. The lowest BCUT2D eigenvalue weighted by molar-refractivity contribution is -0.119. The fraction of sp³-hybridized carbons (Fsp3) is 0.222. The largest absolute Gasteiger partial charge is 0.366 e. The summed E-state index contributed by atoms with van der Waals surface area (Å²) in [7, 11) is -7.90. The van der Waals surface area contributed by atoms with Gasteiger partial charge in [-0.25, -0.2) is 21.1 Å². The number of para-hydroxylation sites is 1. The van der Waals surface area contributed by atoms with Crippen molar-refractivity contribution in [1.29, 1.82) is 0 Å². The second-order valence-electron chi connectivity index (χ2n) is 6.75. The van der Waals surface area contributed by atoms with Crippen LogP contribution in [0.2, 0.25) is 0 Å². The average Bonchev–Trinajstić information content (AvgIpc) is 2.81. The molecule has 0 radical (unpaired) electrons. The number of rotatable bonds is 5. The van der Waals surface area contributed by atoms with E-state index in [2.05, 4.69) is 4.72 Å². The summed E-state index contributed by atoms with van der Waals surface area (Å²) in [5.41, 5.74) is 5.61. The monoisotopic (exact) mass is 437 g/mol. The van der Waals surface area contributed by atoms with Crippen molar-refractivity contribution >= 4 is 43.2 Å². The van der Waals surface area contributed by atoms with E-state index in [0.717, 1.165) is 0 Å². The molecule has 0 saturated carbocycles. The maximum atomic E-state index is 12.8. The van der Waals surface area contributed by atoms with Gasteiger partial charge in [0.15, 0.2) is 0 Å². The SMILES string of the molecule is Cc1cc(N2C(=O)[C@H](C)CS2(=O)=O)ccc1S(=O)(=O)Nc1ccccc1C(N)=O. The van der Waals surface area contributed by atoms with Crippen molar-refractivity contribution in [2.45, 2.75) is 18.7 Å². The van der Waals surface area contributed by atoms with Gasteiger partial charge in [-0.05, 0) is 42.8 Å². The number of anilines is 2. The second-order valence-corrected chi connectivity index (χ2v) is 10.3. The summed E-state index contributed by atoms with van der Waals surface area (Å²) in [6.07, 6.45) is 0. The molecule has 0 aliphatic carbocycles. The molecular weight excluding hydrogens is 418 g/mol. The van der Waals surface area contributed by atoms with Gasteiger partial charge < -0.3 is 5.73 Å². The molecule has 154 valence electrons. The fourth-order valence-electron chi connectivity index (χ4n) is 3.13. The molecule has 3 rings (SSSR count). The number of primary amides is 1. The Morgan fingerprint density at radius 3 is 2.41 bits per heavy atom. The smallest absolute Gasteiger partial charge is 0.262 e. The van der Waals surface area contributed by atoms with Crippen molar-refractivity contribution in [1.82, 2.24) is 0 Å². The third kappa shape index (κ3) is 3.83. The minimum absolute atomic E-state index is 0.00749. The van der Waals surface area contributed by atoms with Crippen molar-refractivity contribution in [3.05, 3.63) is 53.6 Å². The molecule has 1 fully saturated rings. The zero-order valence-electron chi connectivity index (χ0n) is 15.6. The molecule has 2 aromatic carbocycles. The minimum atomic E-state index is -4.10. The summed E-state index contributed by atoms with van der Waals surface area (Å²) in [6.45, 7) is 3.00. The van der Waals surface area contributed by atoms with Gasteiger partial charge in [-0.3, -0.25) is 14.3 Å². The van der Waals surface area contributed by atoms with Gasteiger partial charge in [0.25, 0.3) is 15.9 Å². The number of hydrogen-bond acceptors (Lipinski definition) is 6. The Morgan fingerprint density at radius 2 is 1.86 bits per heavy atom. The molecule has 1 saturated heterocycles. The van der Waals surface area contributed by atoms with E-state index >= 15 is 0 Å². The first kappa shape index (κ1) is 20.8. The van der Waals surface area contributed by atoms with Gasteiger partial charge in [0.05, 0.1) is 33.5 Å². The van der Waals surface area contributed by atoms with Crippen LogP contribution >= 0.6 is 0 Å². The number of aryl methyl sites for hydroxylation is 1. The van der Waals surface area contributed by atoms with Crippen LogP contribution in [0.5, 0.6) is 0 Å². The number of nitrogens with two attached hydrogens (primary N) is 1. The normalized spacial score (nSPS) is 18.6. The summed E-state index contributed by atoms with van der Waals surface area (Å²) >= 11 is 0.